The van der Waals surface area contributed by atoms with Gasteiger partial charge in [-0.1, -0.05) is 0 Å². The van der Waals surface area contributed by atoms with E-state index in [2.05, 4.69) is 11.4 Å². The molecule has 0 spiro atoms. The molecule has 1 aliphatic heterocycles. The molecule has 1 radical (unpaired) electrons. The van der Waals surface area contributed by atoms with Crippen LogP contribution in [0.5, 0.6) is 0 Å². The lowest BCUT2D eigenvalue weighted by atomic mass is 9.97. The van der Waals surface area contributed by atoms with E-state index in [-0.39, 0.29) is 5.82 Å². The zero-order chi connectivity index (χ0) is 16.8. The minimum atomic E-state index is -0.513. The van der Waals surface area contributed by atoms with Crippen LogP contribution in [-0.2, 0) is 0 Å². The van der Waals surface area contributed by atoms with E-state index in [9.17, 15) is 9.18 Å². The number of urea groups is 1. The Kier molecular flexibility index (Phi) is 3.40. The second-order valence-electron chi connectivity index (χ2n) is 6.23. The molecule has 2 N–H and O–H groups in total. The van der Waals surface area contributed by atoms with Gasteiger partial charge in [0.1, 0.15) is 5.82 Å². The van der Waals surface area contributed by atoms with Crippen molar-refractivity contribution in [3.8, 4) is 0 Å². The SMILES string of the molecule is Cc1cc(N2CC3=C(CC[CH]C3)N2C(N)=O)c2cc(F)ccc2n1. The number of benzene rings is 1. The summed E-state index contributed by atoms with van der Waals surface area (Å²) in [6.07, 6.45) is 4.80. The van der Waals surface area contributed by atoms with Crippen LogP contribution in [0.4, 0.5) is 14.9 Å². The van der Waals surface area contributed by atoms with Crippen LogP contribution in [0.3, 0.4) is 0 Å². The van der Waals surface area contributed by atoms with Crippen LogP contribution in [0.25, 0.3) is 10.9 Å². The molecule has 24 heavy (non-hydrogen) atoms. The summed E-state index contributed by atoms with van der Waals surface area (Å²) in [5, 5.41) is 4.07. The van der Waals surface area contributed by atoms with Gasteiger partial charge in [-0.05, 0) is 62.4 Å². The van der Waals surface area contributed by atoms with Crippen molar-refractivity contribution in [2.45, 2.75) is 26.2 Å². The maximum atomic E-state index is 13.8. The van der Waals surface area contributed by atoms with Crippen molar-refractivity contribution in [3.63, 3.8) is 0 Å². The van der Waals surface area contributed by atoms with Gasteiger partial charge in [-0.2, -0.15) is 0 Å². The van der Waals surface area contributed by atoms with Gasteiger partial charge in [-0.25, -0.2) is 14.2 Å². The van der Waals surface area contributed by atoms with Crippen LogP contribution in [0.2, 0.25) is 0 Å². The maximum Gasteiger partial charge on any atom is 0.338 e. The van der Waals surface area contributed by atoms with E-state index >= 15 is 0 Å². The first kappa shape index (κ1) is 14.9. The highest BCUT2D eigenvalue weighted by Crippen LogP contribution is 2.39. The Morgan fingerprint density at radius 2 is 2.17 bits per heavy atom. The number of allylic oxidation sites excluding steroid dienone is 1. The molecule has 5 nitrogen and oxygen atoms in total. The van der Waals surface area contributed by atoms with Crippen molar-refractivity contribution in [1.29, 1.82) is 0 Å². The number of primary amides is 1. The number of aryl methyl sites for hydroxylation is 1. The van der Waals surface area contributed by atoms with E-state index < -0.39 is 6.03 Å². The average Bonchev–Trinajstić information content (AvgIpc) is 2.94. The summed E-state index contributed by atoms with van der Waals surface area (Å²) >= 11 is 0. The van der Waals surface area contributed by atoms with Crippen LogP contribution >= 0.6 is 0 Å². The number of hydrogen-bond donors (Lipinski definition) is 1. The van der Waals surface area contributed by atoms with E-state index in [0.717, 1.165) is 36.3 Å². The molecule has 2 aliphatic rings. The van der Waals surface area contributed by atoms with Crippen LogP contribution in [0, 0.1) is 19.2 Å². The van der Waals surface area contributed by atoms with Crippen molar-refractivity contribution in [1.82, 2.24) is 9.99 Å². The number of carbonyl (C=O) groups is 1. The third kappa shape index (κ3) is 2.29. The molecule has 0 saturated carbocycles. The summed E-state index contributed by atoms with van der Waals surface area (Å²) in [4.78, 5) is 16.6. The number of nitrogens with two attached hydrogens (primary N) is 1. The van der Waals surface area contributed by atoms with Crippen LogP contribution in [0.1, 0.15) is 25.0 Å². The molecule has 0 saturated heterocycles. The molecule has 1 aromatic heterocycles. The summed E-state index contributed by atoms with van der Waals surface area (Å²) in [6.45, 7) is 2.47. The number of hydrogen-bond acceptors (Lipinski definition) is 3. The van der Waals surface area contributed by atoms with Gasteiger partial charge in [0.25, 0.3) is 0 Å². The highest BCUT2D eigenvalue weighted by molar-refractivity contribution is 5.93. The first-order valence-corrected chi connectivity index (χ1v) is 8.01. The van der Waals surface area contributed by atoms with Gasteiger partial charge in [-0.3, -0.25) is 9.99 Å². The molecule has 1 aliphatic carbocycles. The normalized spacial score (nSPS) is 17.6. The summed E-state index contributed by atoms with van der Waals surface area (Å²) in [6, 6.07) is 5.88. The fourth-order valence-corrected chi connectivity index (χ4v) is 3.59. The summed E-state index contributed by atoms with van der Waals surface area (Å²) in [5.74, 6) is -0.328. The third-order valence-corrected chi connectivity index (χ3v) is 4.59. The van der Waals surface area contributed by atoms with Crippen molar-refractivity contribution in [3.05, 3.63) is 53.5 Å². The molecule has 0 fully saturated rings. The molecule has 0 atom stereocenters. The Labute approximate surface area is 139 Å². The standard InChI is InChI=1S/C18H18FN4O/c1-11-8-17(14-9-13(19)6-7-15(14)21-11)22-10-12-4-2-3-5-16(12)23(22)18(20)24/h2,6-9H,3-5,10H2,1H3,(H2,20,24). The maximum absolute atomic E-state index is 13.8. The van der Waals surface area contributed by atoms with E-state index in [1.807, 2.05) is 18.0 Å². The van der Waals surface area contributed by atoms with Gasteiger partial charge in [-0.15, -0.1) is 0 Å². The summed E-state index contributed by atoms with van der Waals surface area (Å²) in [7, 11) is 0. The smallest absolute Gasteiger partial charge is 0.338 e. The Morgan fingerprint density at radius 3 is 2.96 bits per heavy atom. The molecule has 0 unspecified atom stereocenters. The Bertz CT molecular complexity index is 877. The van der Waals surface area contributed by atoms with Crippen molar-refractivity contribution in [2.75, 3.05) is 11.6 Å². The van der Waals surface area contributed by atoms with Crippen LogP contribution in [0.15, 0.2) is 35.5 Å². The van der Waals surface area contributed by atoms with E-state index in [4.69, 9.17) is 5.73 Å². The predicted octanol–water partition coefficient (Wildman–Crippen LogP) is 3.44. The molecule has 1 aromatic carbocycles. The topological polar surface area (TPSA) is 62.5 Å². The largest absolute Gasteiger partial charge is 0.350 e. The fourth-order valence-electron chi connectivity index (χ4n) is 3.59. The predicted molar refractivity (Wildman–Crippen MR) is 90.4 cm³/mol. The number of pyridine rings is 1. The zero-order valence-corrected chi connectivity index (χ0v) is 13.4. The number of nitrogens with zero attached hydrogens (tertiary/aromatic N) is 3. The molecule has 2 aromatic rings. The van der Waals surface area contributed by atoms with Crippen molar-refractivity contribution >= 4 is 22.6 Å². The van der Waals surface area contributed by atoms with Gasteiger partial charge in [0.2, 0.25) is 0 Å². The first-order chi connectivity index (χ1) is 11.5. The molecule has 2 heterocycles. The highest BCUT2D eigenvalue weighted by Gasteiger charge is 2.35. The number of halogens is 1. The molecule has 4 rings (SSSR count). The monoisotopic (exact) mass is 325 g/mol. The highest BCUT2D eigenvalue weighted by atomic mass is 19.1. The number of carbonyl (C=O) groups excluding carboxylic acids is 1. The first-order valence-electron chi connectivity index (χ1n) is 8.01. The van der Waals surface area contributed by atoms with Gasteiger partial charge in [0.05, 0.1) is 17.7 Å². The Balaban J connectivity index is 1.88. The number of hydrazine groups is 1. The van der Waals surface area contributed by atoms with Crippen molar-refractivity contribution in [2.24, 2.45) is 5.73 Å². The Hall–Kier alpha value is -2.63. The quantitative estimate of drug-likeness (QED) is 0.873. The Morgan fingerprint density at radius 1 is 1.33 bits per heavy atom. The lowest BCUT2D eigenvalue weighted by Gasteiger charge is -2.31. The van der Waals surface area contributed by atoms with E-state index in [0.29, 0.717) is 17.4 Å². The molecule has 2 amide bonds. The van der Waals surface area contributed by atoms with Crippen LogP contribution in [-0.4, -0.2) is 22.6 Å². The summed E-state index contributed by atoms with van der Waals surface area (Å²) in [5.41, 5.74) is 10.1. The number of rotatable bonds is 1. The fraction of sp³-hybridized carbons (Fsp3) is 0.278. The molecule has 0 bridgehead atoms. The minimum absolute atomic E-state index is 0.328. The average molecular weight is 325 g/mol. The third-order valence-electron chi connectivity index (χ3n) is 4.59. The van der Waals surface area contributed by atoms with Crippen LogP contribution < -0.4 is 10.7 Å². The van der Waals surface area contributed by atoms with E-state index in [1.165, 1.54) is 17.7 Å². The summed E-state index contributed by atoms with van der Waals surface area (Å²) < 4.78 is 13.8. The van der Waals surface area contributed by atoms with Gasteiger partial charge in [0.15, 0.2) is 0 Å². The number of amides is 2. The van der Waals surface area contributed by atoms with Gasteiger partial charge >= 0.3 is 6.03 Å². The number of anilines is 1. The minimum Gasteiger partial charge on any atom is -0.350 e. The van der Waals surface area contributed by atoms with Gasteiger partial charge in [0, 0.05) is 16.8 Å². The lowest BCUT2D eigenvalue weighted by molar-refractivity contribution is 0.219. The second-order valence-corrected chi connectivity index (χ2v) is 6.23. The molecular formula is C18H18FN4O. The number of fused-ring (bicyclic) bond motifs is 1. The second kappa shape index (κ2) is 5.47. The zero-order valence-electron chi connectivity index (χ0n) is 13.4. The molecule has 6 heteroatoms. The van der Waals surface area contributed by atoms with E-state index in [1.54, 1.807) is 11.1 Å². The molecule has 123 valence electrons. The molecular weight excluding hydrogens is 307 g/mol. The number of aromatic nitrogens is 1. The van der Waals surface area contributed by atoms with Crippen molar-refractivity contribution < 1.29 is 9.18 Å². The lowest BCUT2D eigenvalue weighted by Crippen LogP contribution is -2.45. The van der Waals surface area contributed by atoms with Gasteiger partial charge < -0.3 is 5.73 Å².